The standard InChI is InChI=1S/C14H18N4O/c1-10-8-17(9-12(19-10)11-5-6-11)14-15-13-4-2-3-7-18(13)16-14/h2-4,7,10-12H,5-6,8-9H2,1H3. The van der Waals surface area contributed by atoms with Crippen LogP contribution in [-0.4, -0.2) is 39.9 Å². The minimum atomic E-state index is 0.256. The third-order valence-corrected chi connectivity index (χ3v) is 3.95. The normalized spacial score (nSPS) is 27.9. The molecule has 0 spiro atoms. The smallest absolute Gasteiger partial charge is 0.245 e. The van der Waals surface area contributed by atoms with Crippen LogP contribution < -0.4 is 4.90 Å². The van der Waals surface area contributed by atoms with E-state index in [1.165, 1.54) is 12.8 Å². The summed E-state index contributed by atoms with van der Waals surface area (Å²) in [6.45, 7) is 3.93. The minimum absolute atomic E-state index is 0.256. The number of nitrogens with zero attached hydrogens (tertiary/aromatic N) is 4. The van der Waals surface area contributed by atoms with E-state index < -0.39 is 0 Å². The van der Waals surface area contributed by atoms with E-state index in [1.807, 2.05) is 28.9 Å². The van der Waals surface area contributed by atoms with E-state index >= 15 is 0 Å². The summed E-state index contributed by atoms with van der Waals surface area (Å²) in [4.78, 5) is 6.88. The van der Waals surface area contributed by atoms with Crippen molar-refractivity contribution >= 4 is 11.6 Å². The molecule has 1 saturated heterocycles. The zero-order chi connectivity index (χ0) is 12.8. The van der Waals surface area contributed by atoms with Gasteiger partial charge in [-0.15, -0.1) is 5.10 Å². The zero-order valence-corrected chi connectivity index (χ0v) is 11.1. The summed E-state index contributed by atoms with van der Waals surface area (Å²) >= 11 is 0. The van der Waals surface area contributed by atoms with Gasteiger partial charge >= 0.3 is 0 Å². The molecule has 3 heterocycles. The molecule has 0 radical (unpaired) electrons. The second-order valence-corrected chi connectivity index (χ2v) is 5.64. The first-order valence-corrected chi connectivity index (χ1v) is 7.01. The second kappa shape index (κ2) is 4.20. The molecule has 19 heavy (non-hydrogen) atoms. The highest BCUT2D eigenvalue weighted by molar-refractivity contribution is 5.44. The van der Waals surface area contributed by atoms with E-state index in [0.29, 0.717) is 6.10 Å². The van der Waals surface area contributed by atoms with Crippen molar-refractivity contribution in [1.82, 2.24) is 14.6 Å². The van der Waals surface area contributed by atoms with Crippen molar-refractivity contribution in [3.8, 4) is 0 Å². The molecule has 2 aliphatic rings. The van der Waals surface area contributed by atoms with Gasteiger partial charge in [0.2, 0.25) is 5.95 Å². The Labute approximate surface area is 112 Å². The highest BCUT2D eigenvalue weighted by Gasteiger charge is 2.38. The van der Waals surface area contributed by atoms with Gasteiger partial charge in [0.1, 0.15) is 0 Å². The lowest BCUT2D eigenvalue weighted by molar-refractivity contribution is -0.0275. The van der Waals surface area contributed by atoms with Crippen LogP contribution in [-0.2, 0) is 4.74 Å². The van der Waals surface area contributed by atoms with Gasteiger partial charge in [-0.3, -0.25) is 0 Å². The predicted molar refractivity (Wildman–Crippen MR) is 72.3 cm³/mol. The molecule has 2 atom stereocenters. The molecule has 0 bridgehead atoms. The molecule has 0 aromatic carbocycles. The molecule has 5 heteroatoms. The number of morpholine rings is 1. The van der Waals surface area contributed by atoms with Crippen LogP contribution in [0.1, 0.15) is 19.8 Å². The first-order chi connectivity index (χ1) is 9.29. The van der Waals surface area contributed by atoms with E-state index in [-0.39, 0.29) is 6.10 Å². The second-order valence-electron chi connectivity index (χ2n) is 5.64. The van der Waals surface area contributed by atoms with Crippen LogP contribution in [0, 0.1) is 5.92 Å². The van der Waals surface area contributed by atoms with Gasteiger partial charge in [-0.2, -0.15) is 4.98 Å². The van der Waals surface area contributed by atoms with Crippen molar-refractivity contribution in [3.63, 3.8) is 0 Å². The predicted octanol–water partition coefficient (Wildman–Crippen LogP) is 1.73. The van der Waals surface area contributed by atoms with Crippen LogP contribution in [0.25, 0.3) is 5.65 Å². The third kappa shape index (κ3) is 2.08. The van der Waals surface area contributed by atoms with Gasteiger partial charge in [0, 0.05) is 19.3 Å². The Balaban J connectivity index is 1.62. The molecule has 2 aromatic rings. The molecule has 1 aliphatic carbocycles. The molecule has 2 aromatic heterocycles. The molecule has 0 N–H and O–H groups in total. The quantitative estimate of drug-likeness (QED) is 0.823. The lowest BCUT2D eigenvalue weighted by atomic mass is 10.1. The number of ether oxygens (including phenoxy) is 1. The number of pyridine rings is 1. The minimum Gasteiger partial charge on any atom is -0.371 e. The number of rotatable bonds is 2. The zero-order valence-electron chi connectivity index (χ0n) is 11.1. The Morgan fingerprint density at radius 3 is 2.95 bits per heavy atom. The fourth-order valence-corrected chi connectivity index (χ4v) is 2.83. The number of hydrogen-bond acceptors (Lipinski definition) is 4. The summed E-state index contributed by atoms with van der Waals surface area (Å²) in [5.41, 5.74) is 0.902. The summed E-state index contributed by atoms with van der Waals surface area (Å²) in [5.74, 6) is 1.58. The summed E-state index contributed by atoms with van der Waals surface area (Å²) in [5, 5.41) is 4.56. The maximum absolute atomic E-state index is 6.03. The Bertz CT molecular complexity index is 559. The highest BCUT2D eigenvalue weighted by Crippen LogP contribution is 2.37. The lowest BCUT2D eigenvalue weighted by Crippen LogP contribution is -2.48. The number of fused-ring (bicyclic) bond motifs is 1. The summed E-state index contributed by atoms with van der Waals surface area (Å²) in [6, 6.07) is 5.95. The first kappa shape index (κ1) is 11.2. The van der Waals surface area contributed by atoms with Crippen LogP contribution in [0.15, 0.2) is 24.4 Å². The monoisotopic (exact) mass is 258 g/mol. The molecular formula is C14H18N4O. The van der Waals surface area contributed by atoms with Gasteiger partial charge < -0.3 is 9.64 Å². The Morgan fingerprint density at radius 2 is 2.16 bits per heavy atom. The molecule has 0 amide bonds. The molecule has 4 rings (SSSR count). The topological polar surface area (TPSA) is 42.7 Å². The van der Waals surface area contributed by atoms with Gasteiger partial charge in [-0.1, -0.05) is 6.07 Å². The first-order valence-electron chi connectivity index (χ1n) is 7.01. The van der Waals surface area contributed by atoms with E-state index in [2.05, 4.69) is 21.9 Å². The van der Waals surface area contributed by atoms with Crippen LogP contribution >= 0.6 is 0 Å². The van der Waals surface area contributed by atoms with Gasteiger partial charge in [-0.25, -0.2) is 4.52 Å². The molecule has 5 nitrogen and oxygen atoms in total. The van der Waals surface area contributed by atoms with Crippen LogP contribution in [0.2, 0.25) is 0 Å². The van der Waals surface area contributed by atoms with Crippen LogP contribution in [0.5, 0.6) is 0 Å². The van der Waals surface area contributed by atoms with Crippen LogP contribution in [0.4, 0.5) is 5.95 Å². The van der Waals surface area contributed by atoms with Gasteiger partial charge in [0.25, 0.3) is 0 Å². The number of aromatic nitrogens is 3. The average Bonchev–Trinajstić information content (AvgIpc) is 3.17. The highest BCUT2D eigenvalue weighted by atomic mass is 16.5. The Kier molecular flexibility index (Phi) is 2.48. The lowest BCUT2D eigenvalue weighted by Gasteiger charge is -2.36. The van der Waals surface area contributed by atoms with Crippen molar-refractivity contribution in [2.24, 2.45) is 5.92 Å². The molecule has 100 valence electrons. The maximum atomic E-state index is 6.03. The van der Waals surface area contributed by atoms with Crippen LogP contribution in [0.3, 0.4) is 0 Å². The molecule has 1 aliphatic heterocycles. The van der Waals surface area contributed by atoms with Crippen molar-refractivity contribution in [2.45, 2.75) is 32.0 Å². The third-order valence-electron chi connectivity index (χ3n) is 3.95. The SMILES string of the molecule is CC1CN(c2nc3ccccn3n2)CC(C2CC2)O1. The Hall–Kier alpha value is -1.62. The number of anilines is 1. The van der Waals surface area contributed by atoms with Crippen molar-refractivity contribution in [3.05, 3.63) is 24.4 Å². The maximum Gasteiger partial charge on any atom is 0.245 e. The summed E-state index contributed by atoms with van der Waals surface area (Å²) in [6.07, 6.45) is 5.17. The average molecular weight is 258 g/mol. The molecule has 2 fully saturated rings. The molecule has 2 unspecified atom stereocenters. The Morgan fingerprint density at radius 1 is 1.26 bits per heavy atom. The van der Waals surface area contributed by atoms with E-state index in [4.69, 9.17) is 4.74 Å². The van der Waals surface area contributed by atoms with Gasteiger partial charge in [0.15, 0.2) is 5.65 Å². The largest absolute Gasteiger partial charge is 0.371 e. The fraction of sp³-hybridized carbons (Fsp3) is 0.571. The van der Waals surface area contributed by atoms with E-state index in [1.54, 1.807) is 0 Å². The van der Waals surface area contributed by atoms with Gasteiger partial charge in [0.05, 0.1) is 12.2 Å². The van der Waals surface area contributed by atoms with Crippen molar-refractivity contribution < 1.29 is 4.74 Å². The van der Waals surface area contributed by atoms with E-state index in [0.717, 1.165) is 30.6 Å². The number of hydrogen-bond donors (Lipinski definition) is 0. The van der Waals surface area contributed by atoms with Crippen molar-refractivity contribution in [1.29, 1.82) is 0 Å². The molecular weight excluding hydrogens is 240 g/mol. The van der Waals surface area contributed by atoms with Crippen molar-refractivity contribution in [2.75, 3.05) is 18.0 Å². The summed E-state index contributed by atoms with van der Waals surface area (Å²) in [7, 11) is 0. The van der Waals surface area contributed by atoms with Gasteiger partial charge in [-0.05, 0) is 37.8 Å². The molecule has 1 saturated carbocycles. The summed E-state index contributed by atoms with van der Waals surface area (Å²) < 4.78 is 7.87. The van der Waals surface area contributed by atoms with E-state index in [9.17, 15) is 0 Å². The fourth-order valence-electron chi connectivity index (χ4n) is 2.83.